The highest BCUT2D eigenvalue weighted by Gasteiger charge is 2.42. The quantitative estimate of drug-likeness (QED) is 0.927. The SMILES string of the molecule is COc1ccc2cc(CN(C)C3C[C@H]4CC(O)C[C@H]4C3)ccc2c1. The molecule has 2 aliphatic rings. The van der Waals surface area contributed by atoms with Crippen LogP contribution in [0.25, 0.3) is 10.8 Å². The van der Waals surface area contributed by atoms with E-state index in [4.69, 9.17) is 4.74 Å². The summed E-state index contributed by atoms with van der Waals surface area (Å²) in [6.07, 6.45) is 4.51. The molecular weight excluding hydrogens is 298 g/mol. The van der Waals surface area contributed by atoms with E-state index in [0.717, 1.165) is 37.0 Å². The van der Waals surface area contributed by atoms with Crippen molar-refractivity contribution in [2.45, 2.75) is 44.4 Å². The van der Waals surface area contributed by atoms with E-state index in [1.54, 1.807) is 7.11 Å². The monoisotopic (exact) mass is 325 g/mol. The Labute approximate surface area is 144 Å². The van der Waals surface area contributed by atoms with Gasteiger partial charge in [0.05, 0.1) is 13.2 Å². The Morgan fingerprint density at radius 1 is 1.00 bits per heavy atom. The second-order valence-corrected chi connectivity index (χ2v) is 7.73. The molecule has 2 saturated carbocycles. The Kier molecular flexibility index (Phi) is 4.23. The number of aliphatic hydroxyl groups excluding tert-OH is 1. The molecule has 0 aromatic heterocycles. The number of hydrogen-bond acceptors (Lipinski definition) is 3. The number of hydrogen-bond donors (Lipinski definition) is 1. The fraction of sp³-hybridized carbons (Fsp3) is 0.524. The zero-order chi connectivity index (χ0) is 16.7. The summed E-state index contributed by atoms with van der Waals surface area (Å²) < 4.78 is 5.30. The number of fused-ring (bicyclic) bond motifs is 2. The maximum absolute atomic E-state index is 9.81. The largest absolute Gasteiger partial charge is 0.497 e. The van der Waals surface area contributed by atoms with E-state index in [-0.39, 0.29) is 6.10 Å². The van der Waals surface area contributed by atoms with Gasteiger partial charge in [-0.05, 0) is 79.1 Å². The third kappa shape index (κ3) is 3.03. The van der Waals surface area contributed by atoms with Crippen LogP contribution in [0.1, 0.15) is 31.2 Å². The Morgan fingerprint density at radius 2 is 1.67 bits per heavy atom. The van der Waals surface area contributed by atoms with Crippen molar-refractivity contribution in [3.05, 3.63) is 42.0 Å². The van der Waals surface area contributed by atoms with Crippen LogP contribution >= 0.6 is 0 Å². The van der Waals surface area contributed by atoms with Crippen molar-refractivity contribution < 1.29 is 9.84 Å². The van der Waals surface area contributed by atoms with Gasteiger partial charge in [-0.1, -0.05) is 18.2 Å². The Balaban J connectivity index is 1.44. The first kappa shape index (κ1) is 15.9. The molecule has 0 radical (unpaired) electrons. The number of aliphatic hydroxyl groups is 1. The lowest BCUT2D eigenvalue weighted by Gasteiger charge is -2.25. The van der Waals surface area contributed by atoms with Gasteiger partial charge in [0.2, 0.25) is 0 Å². The van der Waals surface area contributed by atoms with E-state index in [1.165, 1.54) is 29.2 Å². The summed E-state index contributed by atoms with van der Waals surface area (Å²) in [6.45, 7) is 0.995. The van der Waals surface area contributed by atoms with Gasteiger partial charge in [-0.15, -0.1) is 0 Å². The van der Waals surface area contributed by atoms with E-state index in [0.29, 0.717) is 6.04 Å². The molecule has 1 N–H and O–H groups in total. The molecule has 2 fully saturated rings. The second kappa shape index (κ2) is 6.38. The van der Waals surface area contributed by atoms with Gasteiger partial charge in [0.1, 0.15) is 5.75 Å². The van der Waals surface area contributed by atoms with Crippen LogP contribution in [0.2, 0.25) is 0 Å². The van der Waals surface area contributed by atoms with E-state index in [1.807, 2.05) is 6.07 Å². The van der Waals surface area contributed by atoms with Crippen molar-refractivity contribution in [1.29, 1.82) is 0 Å². The molecule has 24 heavy (non-hydrogen) atoms. The van der Waals surface area contributed by atoms with Crippen LogP contribution in [0.3, 0.4) is 0 Å². The van der Waals surface area contributed by atoms with E-state index in [2.05, 4.69) is 42.3 Å². The standard InChI is InChI=1S/C21H27NO2/c1-22(19-8-17-10-20(23)11-18(17)9-19)13-14-3-4-16-12-21(24-2)6-5-15(16)7-14/h3-7,12,17-20,23H,8-11,13H2,1-2H3/t17-,18+,19?,20?. The lowest BCUT2D eigenvalue weighted by atomic mass is 10.0. The number of nitrogens with zero attached hydrogens (tertiary/aromatic N) is 1. The van der Waals surface area contributed by atoms with Gasteiger partial charge in [0, 0.05) is 12.6 Å². The Bertz CT molecular complexity index is 715. The molecule has 128 valence electrons. The van der Waals surface area contributed by atoms with Gasteiger partial charge in [-0.2, -0.15) is 0 Å². The molecule has 4 atom stereocenters. The predicted molar refractivity (Wildman–Crippen MR) is 97.2 cm³/mol. The zero-order valence-corrected chi connectivity index (χ0v) is 14.6. The lowest BCUT2D eigenvalue weighted by molar-refractivity contribution is 0.158. The topological polar surface area (TPSA) is 32.7 Å². The molecule has 2 aliphatic carbocycles. The second-order valence-electron chi connectivity index (χ2n) is 7.73. The Hall–Kier alpha value is -1.58. The average Bonchev–Trinajstić information content (AvgIpc) is 3.11. The minimum absolute atomic E-state index is 0.0382. The third-order valence-corrected chi connectivity index (χ3v) is 6.13. The minimum atomic E-state index is -0.0382. The summed E-state index contributed by atoms with van der Waals surface area (Å²) in [7, 11) is 3.96. The molecule has 0 spiro atoms. The highest BCUT2D eigenvalue weighted by atomic mass is 16.5. The maximum atomic E-state index is 9.81. The molecule has 2 aromatic carbocycles. The van der Waals surface area contributed by atoms with Gasteiger partial charge in [-0.3, -0.25) is 4.90 Å². The normalized spacial score (nSPS) is 29.3. The lowest BCUT2D eigenvalue weighted by Crippen LogP contribution is -2.29. The van der Waals surface area contributed by atoms with Crippen molar-refractivity contribution in [1.82, 2.24) is 4.90 Å². The van der Waals surface area contributed by atoms with Crippen molar-refractivity contribution >= 4 is 10.8 Å². The molecule has 2 aromatic rings. The van der Waals surface area contributed by atoms with E-state index in [9.17, 15) is 5.11 Å². The molecule has 3 heteroatoms. The number of ether oxygens (including phenoxy) is 1. The summed E-state index contributed by atoms with van der Waals surface area (Å²) in [4.78, 5) is 2.51. The summed E-state index contributed by atoms with van der Waals surface area (Å²) in [6, 6.07) is 13.6. The van der Waals surface area contributed by atoms with E-state index >= 15 is 0 Å². The first-order valence-corrected chi connectivity index (χ1v) is 9.07. The van der Waals surface area contributed by atoms with Crippen LogP contribution in [-0.2, 0) is 6.54 Å². The average molecular weight is 325 g/mol. The fourth-order valence-electron chi connectivity index (χ4n) is 4.83. The van der Waals surface area contributed by atoms with Crippen LogP contribution in [0.15, 0.2) is 36.4 Å². The van der Waals surface area contributed by atoms with Crippen molar-refractivity contribution in [2.75, 3.05) is 14.2 Å². The van der Waals surface area contributed by atoms with Crippen LogP contribution in [0.5, 0.6) is 5.75 Å². The van der Waals surface area contributed by atoms with Crippen molar-refractivity contribution in [2.24, 2.45) is 11.8 Å². The number of rotatable bonds is 4. The molecule has 2 unspecified atom stereocenters. The zero-order valence-electron chi connectivity index (χ0n) is 14.6. The molecular formula is C21H27NO2. The number of methoxy groups -OCH3 is 1. The van der Waals surface area contributed by atoms with Crippen molar-refractivity contribution in [3.8, 4) is 5.75 Å². The summed E-state index contributed by atoms with van der Waals surface area (Å²) in [5.74, 6) is 2.40. The molecule has 0 saturated heterocycles. The number of benzene rings is 2. The maximum Gasteiger partial charge on any atom is 0.119 e. The van der Waals surface area contributed by atoms with Gasteiger partial charge in [0.15, 0.2) is 0 Å². The highest BCUT2D eigenvalue weighted by molar-refractivity contribution is 5.84. The Morgan fingerprint density at radius 3 is 2.38 bits per heavy atom. The minimum Gasteiger partial charge on any atom is -0.497 e. The highest BCUT2D eigenvalue weighted by Crippen LogP contribution is 2.45. The van der Waals surface area contributed by atoms with Gasteiger partial charge >= 0.3 is 0 Å². The van der Waals surface area contributed by atoms with Crippen LogP contribution in [0.4, 0.5) is 0 Å². The summed E-state index contributed by atoms with van der Waals surface area (Å²) >= 11 is 0. The molecule has 0 heterocycles. The first-order valence-electron chi connectivity index (χ1n) is 9.07. The van der Waals surface area contributed by atoms with Crippen LogP contribution in [-0.4, -0.2) is 36.3 Å². The predicted octanol–water partition coefficient (Wildman–Crippen LogP) is 3.83. The molecule has 0 aliphatic heterocycles. The first-order chi connectivity index (χ1) is 11.6. The molecule has 3 nitrogen and oxygen atoms in total. The van der Waals surface area contributed by atoms with Gasteiger partial charge < -0.3 is 9.84 Å². The summed E-state index contributed by atoms with van der Waals surface area (Å²) in [5.41, 5.74) is 1.37. The molecule has 0 amide bonds. The fourth-order valence-corrected chi connectivity index (χ4v) is 4.83. The molecule has 0 bridgehead atoms. The van der Waals surface area contributed by atoms with Crippen LogP contribution in [0, 0.1) is 11.8 Å². The summed E-state index contributed by atoms with van der Waals surface area (Å²) in [5, 5.41) is 12.3. The third-order valence-electron chi connectivity index (χ3n) is 6.13. The smallest absolute Gasteiger partial charge is 0.119 e. The van der Waals surface area contributed by atoms with Gasteiger partial charge in [-0.25, -0.2) is 0 Å². The van der Waals surface area contributed by atoms with E-state index < -0.39 is 0 Å². The van der Waals surface area contributed by atoms with Crippen LogP contribution < -0.4 is 4.74 Å². The van der Waals surface area contributed by atoms with Crippen molar-refractivity contribution in [3.63, 3.8) is 0 Å². The van der Waals surface area contributed by atoms with Gasteiger partial charge in [0.25, 0.3) is 0 Å². The molecule has 4 rings (SSSR count).